The number of carbonyl (C=O) groups is 1. The number of pyridine rings is 1. The molecule has 0 saturated carbocycles. The monoisotopic (exact) mass is 444 g/mol. The van der Waals surface area contributed by atoms with E-state index in [4.69, 9.17) is 16.3 Å². The Kier molecular flexibility index (Phi) is 6.18. The van der Waals surface area contributed by atoms with E-state index in [1.54, 1.807) is 11.1 Å². The summed E-state index contributed by atoms with van der Waals surface area (Å²) in [5.74, 6) is 1.73. The van der Waals surface area contributed by atoms with Gasteiger partial charge >= 0.3 is 6.09 Å². The van der Waals surface area contributed by atoms with Gasteiger partial charge in [-0.05, 0) is 26.3 Å². The van der Waals surface area contributed by atoms with E-state index >= 15 is 0 Å². The summed E-state index contributed by atoms with van der Waals surface area (Å²) < 4.78 is 5.72. The summed E-state index contributed by atoms with van der Waals surface area (Å²) in [5.41, 5.74) is 3.90. The predicted molar refractivity (Wildman–Crippen MR) is 121 cm³/mol. The largest absolute Gasteiger partial charge is 0.442 e. The second-order valence-corrected chi connectivity index (χ2v) is 8.32. The number of hydrogen-bond donors (Lipinski definition) is 0. The van der Waals surface area contributed by atoms with Gasteiger partial charge in [0.25, 0.3) is 0 Å². The van der Waals surface area contributed by atoms with Crippen LogP contribution in [0.15, 0.2) is 12.3 Å². The Morgan fingerprint density at radius 2 is 1.87 bits per heavy atom. The highest BCUT2D eigenvalue weighted by Crippen LogP contribution is 2.33. The quantitative estimate of drug-likeness (QED) is 0.714. The van der Waals surface area contributed by atoms with Gasteiger partial charge in [0.1, 0.15) is 17.7 Å². The van der Waals surface area contributed by atoms with Crippen LogP contribution in [0, 0.1) is 13.8 Å². The second-order valence-electron chi connectivity index (χ2n) is 7.89. The highest BCUT2D eigenvalue weighted by molar-refractivity contribution is 6.30. The van der Waals surface area contributed by atoms with E-state index in [1.807, 2.05) is 33.8 Å². The van der Waals surface area contributed by atoms with Gasteiger partial charge in [-0.1, -0.05) is 25.4 Å². The third kappa shape index (κ3) is 4.26. The van der Waals surface area contributed by atoms with Crippen LogP contribution in [0.3, 0.4) is 0 Å². The Bertz CT molecular complexity index is 975. The number of amides is 1. The SMILES string of the molecule is CC.Cc1nc2c(c(N3CCC3)n1)CN(C(=O)OC1CN(c3cc(Cl)cnc3C)C1)C2. The standard InChI is InChI=1S/C20H23ClN6O2.C2H6/c1-12-18(6-14(21)7-22-12)26-8-15(9-26)29-20(28)27-10-16-17(11-27)23-13(2)24-19(16)25-4-3-5-25;1-2/h6-7,15H,3-5,8-11H2,1-2H3;1-2H3. The fraction of sp³-hybridized carbons (Fsp3) is 0.545. The summed E-state index contributed by atoms with van der Waals surface area (Å²) in [6, 6.07) is 1.90. The van der Waals surface area contributed by atoms with Crippen LogP contribution >= 0.6 is 11.6 Å². The van der Waals surface area contributed by atoms with Crippen molar-refractivity contribution in [1.82, 2.24) is 19.9 Å². The Morgan fingerprint density at radius 3 is 2.55 bits per heavy atom. The number of rotatable bonds is 3. The van der Waals surface area contributed by atoms with E-state index in [9.17, 15) is 4.79 Å². The molecule has 2 saturated heterocycles. The number of fused-ring (bicyclic) bond motifs is 1. The second kappa shape index (κ2) is 8.86. The molecule has 1 amide bonds. The molecule has 0 aromatic carbocycles. The van der Waals surface area contributed by atoms with Gasteiger partial charge in [0.15, 0.2) is 0 Å². The molecule has 2 aromatic heterocycles. The molecule has 5 rings (SSSR count). The fourth-order valence-electron chi connectivity index (χ4n) is 4.02. The van der Waals surface area contributed by atoms with Crippen molar-refractivity contribution in [3.63, 3.8) is 0 Å². The van der Waals surface area contributed by atoms with Crippen molar-refractivity contribution in [2.45, 2.75) is 53.3 Å². The molecular formula is C22H29ClN6O2. The van der Waals surface area contributed by atoms with Gasteiger partial charge in [-0.15, -0.1) is 0 Å². The third-order valence-corrected chi connectivity index (χ3v) is 5.98. The Balaban J connectivity index is 0.00000112. The average molecular weight is 445 g/mol. The molecule has 2 aromatic rings. The van der Waals surface area contributed by atoms with Gasteiger partial charge in [-0.2, -0.15) is 0 Å². The lowest BCUT2D eigenvalue weighted by molar-refractivity contribution is 0.0490. The topological polar surface area (TPSA) is 74.7 Å². The molecule has 31 heavy (non-hydrogen) atoms. The predicted octanol–water partition coefficient (Wildman–Crippen LogP) is 3.72. The molecule has 0 spiro atoms. The maximum atomic E-state index is 12.7. The third-order valence-electron chi connectivity index (χ3n) is 5.77. The summed E-state index contributed by atoms with van der Waals surface area (Å²) in [4.78, 5) is 32.3. The molecular weight excluding hydrogens is 416 g/mol. The maximum Gasteiger partial charge on any atom is 0.410 e. The van der Waals surface area contributed by atoms with E-state index < -0.39 is 0 Å². The highest BCUT2D eigenvalue weighted by Gasteiger charge is 2.36. The summed E-state index contributed by atoms with van der Waals surface area (Å²) in [7, 11) is 0. The van der Waals surface area contributed by atoms with Crippen molar-refractivity contribution < 1.29 is 9.53 Å². The Hall–Kier alpha value is -2.61. The summed E-state index contributed by atoms with van der Waals surface area (Å²) in [6.45, 7) is 12.2. The normalized spacial score (nSPS) is 17.4. The van der Waals surface area contributed by atoms with Crippen LogP contribution in [0.1, 0.15) is 43.0 Å². The molecule has 0 radical (unpaired) electrons. The molecule has 5 heterocycles. The molecule has 0 atom stereocenters. The number of aromatic nitrogens is 3. The minimum atomic E-state index is -0.291. The van der Waals surface area contributed by atoms with E-state index in [0.717, 1.165) is 47.4 Å². The zero-order valence-corrected chi connectivity index (χ0v) is 19.3. The molecule has 3 aliphatic rings. The van der Waals surface area contributed by atoms with Crippen molar-refractivity contribution in [2.75, 3.05) is 36.0 Å². The summed E-state index contributed by atoms with van der Waals surface area (Å²) >= 11 is 6.06. The van der Waals surface area contributed by atoms with Crippen LogP contribution in [0.5, 0.6) is 0 Å². The molecule has 8 nitrogen and oxygen atoms in total. The first-order valence-corrected chi connectivity index (χ1v) is 11.3. The van der Waals surface area contributed by atoms with Crippen molar-refractivity contribution in [2.24, 2.45) is 0 Å². The zero-order chi connectivity index (χ0) is 22.1. The average Bonchev–Trinajstić information content (AvgIpc) is 3.11. The first-order valence-electron chi connectivity index (χ1n) is 10.9. The number of aryl methyl sites for hydroxylation is 2. The lowest BCUT2D eigenvalue weighted by Crippen LogP contribution is -2.54. The van der Waals surface area contributed by atoms with Gasteiger partial charge in [0.2, 0.25) is 0 Å². The van der Waals surface area contributed by atoms with Gasteiger partial charge < -0.3 is 14.5 Å². The van der Waals surface area contributed by atoms with Crippen LogP contribution in [0.25, 0.3) is 0 Å². The molecule has 0 bridgehead atoms. The minimum Gasteiger partial charge on any atom is -0.442 e. The van der Waals surface area contributed by atoms with Crippen LogP contribution in [0.4, 0.5) is 16.3 Å². The first-order chi connectivity index (χ1) is 15.0. The highest BCUT2D eigenvalue weighted by atomic mass is 35.5. The number of nitrogens with zero attached hydrogens (tertiary/aromatic N) is 6. The Morgan fingerprint density at radius 1 is 1.13 bits per heavy atom. The molecule has 0 aliphatic carbocycles. The van der Waals surface area contributed by atoms with Gasteiger partial charge in [0, 0.05) is 24.8 Å². The van der Waals surface area contributed by atoms with Crippen molar-refractivity contribution in [3.8, 4) is 0 Å². The molecule has 3 aliphatic heterocycles. The molecule has 0 unspecified atom stereocenters. The van der Waals surface area contributed by atoms with Crippen LogP contribution in [-0.2, 0) is 17.8 Å². The smallest absolute Gasteiger partial charge is 0.410 e. The lowest BCUT2D eigenvalue weighted by Gasteiger charge is -2.41. The van der Waals surface area contributed by atoms with Crippen molar-refractivity contribution in [1.29, 1.82) is 0 Å². The number of carbonyl (C=O) groups excluding carboxylic acids is 1. The lowest BCUT2D eigenvalue weighted by atomic mass is 10.1. The van der Waals surface area contributed by atoms with Crippen LogP contribution < -0.4 is 9.80 Å². The zero-order valence-electron chi connectivity index (χ0n) is 18.6. The van der Waals surface area contributed by atoms with Gasteiger partial charge in [0.05, 0.1) is 48.3 Å². The summed E-state index contributed by atoms with van der Waals surface area (Å²) in [5, 5.41) is 0.607. The number of halogens is 1. The van der Waals surface area contributed by atoms with Crippen molar-refractivity contribution >= 4 is 29.2 Å². The van der Waals surface area contributed by atoms with E-state index in [-0.39, 0.29) is 12.2 Å². The van der Waals surface area contributed by atoms with Gasteiger partial charge in [-0.25, -0.2) is 14.8 Å². The summed E-state index contributed by atoms with van der Waals surface area (Å²) in [6.07, 6.45) is 2.40. The van der Waals surface area contributed by atoms with Crippen molar-refractivity contribution in [3.05, 3.63) is 40.1 Å². The first kappa shape index (κ1) is 21.6. The minimum absolute atomic E-state index is 0.132. The Labute approximate surface area is 188 Å². The fourth-order valence-corrected chi connectivity index (χ4v) is 4.17. The molecule has 166 valence electrons. The van der Waals surface area contributed by atoms with E-state index in [1.165, 1.54) is 6.42 Å². The van der Waals surface area contributed by atoms with Gasteiger partial charge in [-0.3, -0.25) is 9.88 Å². The molecule has 0 N–H and O–H groups in total. The maximum absolute atomic E-state index is 12.7. The van der Waals surface area contributed by atoms with E-state index in [2.05, 4.69) is 24.8 Å². The van der Waals surface area contributed by atoms with E-state index in [0.29, 0.717) is 31.2 Å². The molecule has 9 heteroatoms. The van der Waals surface area contributed by atoms with Crippen LogP contribution in [0.2, 0.25) is 5.02 Å². The number of ether oxygens (including phenoxy) is 1. The molecule has 2 fully saturated rings. The van der Waals surface area contributed by atoms with Crippen LogP contribution in [-0.4, -0.2) is 58.2 Å². The number of hydrogen-bond acceptors (Lipinski definition) is 7. The number of anilines is 2.